The summed E-state index contributed by atoms with van der Waals surface area (Å²) in [6.45, 7) is 4.54. The average Bonchev–Trinajstić information content (AvgIpc) is 3.06. The van der Waals surface area contributed by atoms with Crippen molar-refractivity contribution in [1.29, 1.82) is 0 Å². The van der Waals surface area contributed by atoms with E-state index in [1.54, 1.807) is 15.9 Å². The fourth-order valence-electron chi connectivity index (χ4n) is 3.06. The Balaban J connectivity index is 2.10. The normalized spacial score (nSPS) is 11.4. The molecule has 7 heteroatoms. The molecule has 4 nitrogen and oxygen atoms in total. The number of unbranched alkanes of at least 4 members (excludes halogenated alkanes) is 1. The number of rotatable bonds is 6. The van der Waals surface area contributed by atoms with Gasteiger partial charge in [-0.05, 0) is 42.0 Å². The molecule has 0 atom stereocenters. The van der Waals surface area contributed by atoms with Gasteiger partial charge in [-0.15, -0.1) is 11.3 Å². The summed E-state index contributed by atoms with van der Waals surface area (Å²) >= 11 is 13.9. The third-order valence-corrected chi connectivity index (χ3v) is 5.66. The minimum Gasteiger partial charge on any atom is -0.476 e. The lowest BCUT2D eigenvalue weighted by molar-refractivity contribution is 0.0685. The highest BCUT2D eigenvalue weighted by atomic mass is 35.5. The number of hydrogen-bond donors (Lipinski definition) is 1. The molecule has 0 bridgehead atoms. The van der Waals surface area contributed by atoms with E-state index in [9.17, 15) is 9.90 Å². The molecule has 1 aromatic carbocycles. The third kappa shape index (κ3) is 3.54. The van der Waals surface area contributed by atoms with Gasteiger partial charge in [0.05, 0.1) is 6.54 Å². The minimum absolute atomic E-state index is 0.0536. The number of aryl methyl sites for hydroxylation is 2. The van der Waals surface area contributed by atoms with Crippen LogP contribution in [0.3, 0.4) is 0 Å². The van der Waals surface area contributed by atoms with Crippen LogP contribution in [0.2, 0.25) is 10.2 Å². The average molecular weight is 397 g/mol. The van der Waals surface area contributed by atoms with Crippen LogP contribution in [0.5, 0.6) is 0 Å². The summed E-state index contributed by atoms with van der Waals surface area (Å²) in [6, 6.07) is 3.87. The second-order valence-corrected chi connectivity index (χ2v) is 7.72. The Hall–Kier alpha value is -1.56. The summed E-state index contributed by atoms with van der Waals surface area (Å²) in [4.78, 5) is 16.0. The molecule has 2 aromatic heterocycles. The first-order chi connectivity index (χ1) is 11.9. The van der Waals surface area contributed by atoms with Crippen LogP contribution < -0.4 is 0 Å². The molecule has 0 amide bonds. The molecule has 0 aliphatic rings. The summed E-state index contributed by atoms with van der Waals surface area (Å²) in [7, 11) is 0. The number of aromatic nitrogens is 2. The largest absolute Gasteiger partial charge is 0.476 e. The Bertz CT molecular complexity index is 946. The topological polar surface area (TPSA) is 55.1 Å². The highest BCUT2D eigenvalue weighted by molar-refractivity contribution is 7.17. The third-order valence-electron chi connectivity index (χ3n) is 4.20. The standard InChI is InChI=1S/C18H18Cl2N2O2S/c1-3-4-5-14-21-17(20)16(18(23)24)22(14)8-11-9-25-13-7-12(19)6-10(2)15(11)13/h6-7,9H,3-5,8H2,1-2H3,(H,23,24). The number of thiophene rings is 1. The first-order valence-electron chi connectivity index (χ1n) is 8.06. The van der Waals surface area contributed by atoms with Gasteiger partial charge in [0.25, 0.3) is 0 Å². The number of halogens is 2. The van der Waals surface area contributed by atoms with Crippen molar-refractivity contribution in [2.75, 3.05) is 0 Å². The molecule has 0 saturated heterocycles. The van der Waals surface area contributed by atoms with Gasteiger partial charge in [-0.25, -0.2) is 9.78 Å². The molecule has 3 rings (SSSR count). The Labute approximate surface area is 160 Å². The molecule has 25 heavy (non-hydrogen) atoms. The van der Waals surface area contributed by atoms with Crippen LogP contribution in [-0.2, 0) is 13.0 Å². The van der Waals surface area contributed by atoms with E-state index in [2.05, 4.69) is 17.3 Å². The Morgan fingerprint density at radius 3 is 2.80 bits per heavy atom. The molecule has 3 aromatic rings. The summed E-state index contributed by atoms with van der Waals surface area (Å²) in [5, 5.41) is 13.5. The number of benzene rings is 1. The lowest BCUT2D eigenvalue weighted by Crippen LogP contribution is -2.13. The fraction of sp³-hybridized carbons (Fsp3) is 0.333. The number of fused-ring (bicyclic) bond motifs is 1. The minimum atomic E-state index is -1.06. The van der Waals surface area contributed by atoms with E-state index in [0.29, 0.717) is 18.0 Å². The molecule has 0 fully saturated rings. The molecular weight excluding hydrogens is 379 g/mol. The van der Waals surface area contributed by atoms with Crippen molar-refractivity contribution >= 4 is 50.6 Å². The van der Waals surface area contributed by atoms with E-state index in [-0.39, 0.29) is 10.8 Å². The van der Waals surface area contributed by atoms with Crippen LogP contribution in [-0.4, -0.2) is 20.6 Å². The highest BCUT2D eigenvalue weighted by Crippen LogP contribution is 2.33. The van der Waals surface area contributed by atoms with Gasteiger partial charge in [0.1, 0.15) is 5.82 Å². The van der Waals surface area contributed by atoms with E-state index in [4.69, 9.17) is 23.2 Å². The SMILES string of the molecule is CCCCc1nc(Cl)c(C(=O)O)n1Cc1csc2cc(Cl)cc(C)c12. The van der Waals surface area contributed by atoms with Crippen LogP contribution >= 0.6 is 34.5 Å². The van der Waals surface area contributed by atoms with Crippen molar-refractivity contribution in [2.45, 2.75) is 39.7 Å². The van der Waals surface area contributed by atoms with Crippen LogP contribution in [0.4, 0.5) is 0 Å². The molecule has 0 spiro atoms. The zero-order chi connectivity index (χ0) is 18.1. The summed E-state index contributed by atoms with van der Waals surface area (Å²) in [6.07, 6.45) is 2.65. The summed E-state index contributed by atoms with van der Waals surface area (Å²) < 4.78 is 2.83. The second kappa shape index (κ2) is 7.36. The number of imidazole rings is 1. The van der Waals surface area contributed by atoms with Crippen molar-refractivity contribution in [3.8, 4) is 0 Å². The van der Waals surface area contributed by atoms with Gasteiger partial charge in [0.15, 0.2) is 10.8 Å². The Kier molecular flexibility index (Phi) is 5.37. The van der Waals surface area contributed by atoms with Gasteiger partial charge in [0, 0.05) is 21.5 Å². The number of carbonyl (C=O) groups is 1. The molecule has 132 valence electrons. The molecule has 0 radical (unpaired) electrons. The first kappa shape index (κ1) is 18.2. The van der Waals surface area contributed by atoms with Gasteiger partial charge >= 0.3 is 5.97 Å². The van der Waals surface area contributed by atoms with E-state index in [1.807, 2.05) is 19.1 Å². The lowest BCUT2D eigenvalue weighted by Gasteiger charge is -2.10. The second-order valence-electron chi connectivity index (χ2n) is 6.02. The van der Waals surface area contributed by atoms with E-state index in [0.717, 1.165) is 39.9 Å². The van der Waals surface area contributed by atoms with Crippen molar-refractivity contribution < 1.29 is 9.90 Å². The predicted octanol–water partition coefficient (Wildman–Crippen LogP) is 5.80. The number of nitrogens with zero attached hydrogens (tertiary/aromatic N) is 2. The van der Waals surface area contributed by atoms with Gasteiger partial charge in [-0.2, -0.15) is 0 Å². The van der Waals surface area contributed by atoms with Gasteiger partial charge in [-0.1, -0.05) is 36.5 Å². The van der Waals surface area contributed by atoms with Crippen LogP contribution in [0, 0.1) is 6.92 Å². The molecule has 0 saturated carbocycles. The Morgan fingerprint density at radius 2 is 2.12 bits per heavy atom. The molecule has 2 heterocycles. The zero-order valence-electron chi connectivity index (χ0n) is 14.0. The number of carboxylic acids is 1. The van der Waals surface area contributed by atoms with Crippen molar-refractivity contribution in [1.82, 2.24) is 9.55 Å². The maximum absolute atomic E-state index is 11.7. The molecule has 0 unspecified atom stereocenters. The number of aromatic carboxylic acids is 1. The first-order valence-corrected chi connectivity index (χ1v) is 9.70. The van der Waals surface area contributed by atoms with E-state index < -0.39 is 5.97 Å². The number of hydrogen-bond acceptors (Lipinski definition) is 3. The highest BCUT2D eigenvalue weighted by Gasteiger charge is 2.22. The van der Waals surface area contributed by atoms with Crippen molar-refractivity contribution in [2.24, 2.45) is 0 Å². The van der Waals surface area contributed by atoms with Gasteiger partial charge < -0.3 is 9.67 Å². The van der Waals surface area contributed by atoms with Crippen molar-refractivity contribution in [3.63, 3.8) is 0 Å². The maximum atomic E-state index is 11.7. The predicted molar refractivity (Wildman–Crippen MR) is 103 cm³/mol. The zero-order valence-corrected chi connectivity index (χ0v) is 16.3. The molecular formula is C18H18Cl2N2O2S. The van der Waals surface area contributed by atoms with Gasteiger partial charge in [-0.3, -0.25) is 0 Å². The summed E-state index contributed by atoms with van der Waals surface area (Å²) in [5.41, 5.74) is 2.19. The van der Waals surface area contributed by atoms with Crippen LogP contribution in [0.25, 0.3) is 10.1 Å². The number of carboxylic acid groups (broad SMARTS) is 1. The molecule has 1 N–H and O–H groups in total. The van der Waals surface area contributed by atoms with Gasteiger partial charge in [0.2, 0.25) is 0 Å². The van der Waals surface area contributed by atoms with Crippen molar-refractivity contribution in [3.05, 3.63) is 50.3 Å². The Morgan fingerprint density at radius 1 is 1.36 bits per heavy atom. The quantitative estimate of drug-likeness (QED) is 0.572. The smallest absolute Gasteiger partial charge is 0.355 e. The molecule has 0 aliphatic carbocycles. The van der Waals surface area contributed by atoms with E-state index >= 15 is 0 Å². The summed E-state index contributed by atoms with van der Waals surface area (Å²) in [5.74, 6) is -0.338. The van der Waals surface area contributed by atoms with Crippen LogP contribution in [0.1, 0.15) is 47.2 Å². The fourth-order valence-corrected chi connectivity index (χ4v) is 4.75. The van der Waals surface area contributed by atoms with E-state index in [1.165, 1.54) is 0 Å². The lowest BCUT2D eigenvalue weighted by atomic mass is 10.1. The molecule has 0 aliphatic heterocycles. The van der Waals surface area contributed by atoms with Crippen LogP contribution in [0.15, 0.2) is 17.5 Å². The monoisotopic (exact) mass is 396 g/mol. The maximum Gasteiger partial charge on any atom is 0.355 e.